The summed E-state index contributed by atoms with van der Waals surface area (Å²) in [5, 5.41) is 0. The number of fused-ring (bicyclic) bond motifs is 1. The van der Waals surface area contributed by atoms with E-state index in [0.29, 0.717) is 6.10 Å². The van der Waals surface area contributed by atoms with E-state index in [-0.39, 0.29) is 5.41 Å². The van der Waals surface area contributed by atoms with Crippen LogP contribution in [0.2, 0.25) is 0 Å². The van der Waals surface area contributed by atoms with E-state index in [1.54, 1.807) is 6.26 Å². The summed E-state index contributed by atoms with van der Waals surface area (Å²) >= 11 is 0. The van der Waals surface area contributed by atoms with Gasteiger partial charge in [-0.3, -0.25) is 4.90 Å². The molecule has 2 atom stereocenters. The Morgan fingerprint density at radius 1 is 1.50 bits per heavy atom. The van der Waals surface area contributed by atoms with Crippen LogP contribution in [0.25, 0.3) is 0 Å². The first-order valence-corrected chi connectivity index (χ1v) is 7.75. The summed E-state index contributed by atoms with van der Waals surface area (Å²) in [7, 11) is 0. The third-order valence-electron chi connectivity index (χ3n) is 4.65. The normalized spacial score (nSPS) is 31.1. The van der Waals surface area contributed by atoms with Gasteiger partial charge in [0.15, 0.2) is 0 Å². The molecular formula is C16H25NO3. The van der Waals surface area contributed by atoms with Crippen molar-refractivity contribution in [1.29, 1.82) is 0 Å². The number of hydrogen-bond donors (Lipinski definition) is 0. The van der Waals surface area contributed by atoms with Crippen LogP contribution in [0.3, 0.4) is 0 Å². The molecule has 3 heterocycles. The molecule has 0 aromatic carbocycles. The lowest BCUT2D eigenvalue weighted by molar-refractivity contribution is -0.153. The number of piperidine rings is 1. The standard InChI is InChI=1S/C16H25NO3/c1-2-18-13-16-6-3-8-20-15(16)4-7-17(12-16)10-14-5-9-19-11-14/h5,9,11,15H,2-4,6-8,10,12-13H2,1H3/t15-,16+/m1/s1. The fourth-order valence-corrected chi connectivity index (χ4v) is 3.67. The molecule has 1 aromatic rings. The molecule has 4 nitrogen and oxygen atoms in total. The second-order valence-electron chi connectivity index (χ2n) is 6.09. The molecule has 0 radical (unpaired) electrons. The van der Waals surface area contributed by atoms with Gasteiger partial charge in [0.05, 0.1) is 25.2 Å². The summed E-state index contributed by atoms with van der Waals surface area (Å²) in [5.74, 6) is 0. The molecule has 0 amide bonds. The van der Waals surface area contributed by atoms with Crippen LogP contribution in [0, 0.1) is 5.41 Å². The minimum Gasteiger partial charge on any atom is -0.472 e. The molecular weight excluding hydrogens is 254 g/mol. The molecule has 2 aliphatic heterocycles. The first-order valence-electron chi connectivity index (χ1n) is 7.75. The van der Waals surface area contributed by atoms with Gasteiger partial charge in [-0.1, -0.05) is 0 Å². The number of likely N-dealkylation sites (tertiary alicyclic amines) is 1. The zero-order valence-corrected chi connectivity index (χ0v) is 12.3. The SMILES string of the molecule is CCOC[C@@]12CCCO[C@@H]1CCN(Cc1ccoc1)C2. The van der Waals surface area contributed by atoms with Crippen molar-refractivity contribution in [2.45, 2.75) is 38.8 Å². The third kappa shape index (κ3) is 2.92. The van der Waals surface area contributed by atoms with Gasteiger partial charge < -0.3 is 13.9 Å². The van der Waals surface area contributed by atoms with Crippen LogP contribution in [0.5, 0.6) is 0 Å². The second-order valence-corrected chi connectivity index (χ2v) is 6.09. The Morgan fingerprint density at radius 2 is 2.45 bits per heavy atom. The van der Waals surface area contributed by atoms with Gasteiger partial charge >= 0.3 is 0 Å². The van der Waals surface area contributed by atoms with Crippen molar-refractivity contribution in [2.75, 3.05) is 32.9 Å². The number of nitrogens with zero attached hydrogens (tertiary/aromatic N) is 1. The summed E-state index contributed by atoms with van der Waals surface area (Å²) in [5.41, 5.74) is 1.45. The van der Waals surface area contributed by atoms with Crippen molar-refractivity contribution < 1.29 is 13.9 Å². The van der Waals surface area contributed by atoms with Crippen LogP contribution >= 0.6 is 0 Å². The predicted molar refractivity (Wildman–Crippen MR) is 76.5 cm³/mol. The van der Waals surface area contributed by atoms with E-state index in [0.717, 1.165) is 52.3 Å². The molecule has 2 aliphatic rings. The minimum absolute atomic E-state index is 0.191. The number of ether oxygens (including phenoxy) is 2. The molecule has 0 aliphatic carbocycles. The van der Waals surface area contributed by atoms with Crippen molar-refractivity contribution in [3.8, 4) is 0 Å². The molecule has 0 saturated carbocycles. The Kier molecular flexibility index (Phi) is 4.44. The van der Waals surface area contributed by atoms with Crippen LogP contribution < -0.4 is 0 Å². The summed E-state index contributed by atoms with van der Waals surface area (Å²) in [6.45, 7) is 7.75. The summed E-state index contributed by atoms with van der Waals surface area (Å²) < 4.78 is 17.0. The van der Waals surface area contributed by atoms with Gasteiger partial charge in [0.1, 0.15) is 0 Å². The molecule has 0 bridgehead atoms. The maximum absolute atomic E-state index is 6.04. The van der Waals surface area contributed by atoms with Crippen LogP contribution in [-0.4, -0.2) is 43.9 Å². The van der Waals surface area contributed by atoms with Gasteiger partial charge in [0.2, 0.25) is 0 Å². The summed E-state index contributed by atoms with van der Waals surface area (Å²) in [6, 6.07) is 2.05. The Hall–Kier alpha value is -0.840. The van der Waals surface area contributed by atoms with Crippen molar-refractivity contribution in [3.63, 3.8) is 0 Å². The first kappa shape index (κ1) is 14.1. The molecule has 0 spiro atoms. The maximum atomic E-state index is 6.04. The average molecular weight is 279 g/mol. The van der Waals surface area contributed by atoms with Gasteiger partial charge in [0.25, 0.3) is 0 Å². The fourth-order valence-electron chi connectivity index (χ4n) is 3.67. The molecule has 112 valence electrons. The summed E-state index contributed by atoms with van der Waals surface area (Å²) in [4.78, 5) is 2.52. The van der Waals surface area contributed by atoms with E-state index in [1.807, 2.05) is 6.26 Å². The largest absolute Gasteiger partial charge is 0.472 e. The Balaban J connectivity index is 1.68. The van der Waals surface area contributed by atoms with Gasteiger partial charge in [-0.05, 0) is 32.3 Å². The van der Waals surface area contributed by atoms with Crippen LogP contribution in [0.15, 0.2) is 23.0 Å². The van der Waals surface area contributed by atoms with E-state index in [4.69, 9.17) is 13.9 Å². The van der Waals surface area contributed by atoms with Crippen molar-refractivity contribution in [2.24, 2.45) is 5.41 Å². The summed E-state index contributed by atoms with van der Waals surface area (Å²) in [6.07, 6.45) is 7.47. The number of furan rings is 1. The van der Waals surface area contributed by atoms with E-state index < -0.39 is 0 Å². The van der Waals surface area contributed by atoms with Crippen LogP contribution in [0.1, 0.15) is 31.7 Å². The van der Waals surface area contributed by atoms with Gasteiger partial charge in [-0.15, -0.1) is 0 Å². The molecule has 0 N–H and O–H groups in total. The molecule has 2 fully saturated rings. The topological polar surface area (TPSA) is 34.8 Å². The van der Waals surface area contributed by atoms with E-state index in [2.05, 4.69) is 17.9 Å². The lowest BCUT2D eigenvalue weighted by Gasteiger charge is -2.50. The van der Waals surface area contributed by atoms with E-state index in [9.17, 15) is 0 Å². The first-order chi connectivity index (χ1) is 9.82. The van der Waals surface area contributed by atoms with Crippen molar-refractivity contribution in [3.05, 3.63) is 24.2 Å². The van der Waals surface area contributed by atoms with Gasteiger partial charge in [-0.2, -0.15) is 0 Å². The average Bonchev–Trinajstić information content (AvgIpc) is 2.98. The lowest BCUT2D eigenvalue weighted by atomic mass is 9.73. The lowest BCUT2D eigenvalue weighted by Crippen LogP contribution is -2.56. The maximum Gasteiger partial charge on any atom is 0.0947 e. The highest BCUT2D eigenvalue weighted by Crippen LogP contribution is 2.40. The van der Waals surface area contributed by atoms with E-state index >= 15 is 0 Å². The number of rotatable bonds is 5. The Morgan fingerprint density at radius 3 is 3.25 bits per heavy atom. The third-order valence-corrected chi connectivity index (χ3v) is 4.65. The Labute approximate surface area is 121 Å². The number of hydrogen-bond acceptors (Lipinski definition) is 4. The molecule has 2 saturated heterocycles. The van der Waals surface area contributed by atoms with E-state index in [1.165, 1.54) is 12.0 Å². The smallest absolute Gasteiger partial charge is 0.0947 e. The van der Waals surface area contributed by atoms with Crippen LogP contribution in [0.4, 0.5) is 0 Å². The highest BCUT2D eigenvalue weighted by atomic mass is 16.5. The fraction of sp³-hybridized carbons (Fsp3) is 0.750. The molecule has 4 heteroatoms. The molecule has 3 rings (SSSR count). The van der Waals surface area contributed by atoms with Gasteiger partial charge in [0, 0.05) is 43.8 Å². The zero-order chi connectivity index (χ0) is 13.8. The quantitative estimate of drug-likeness (QED) is 0.830. The molecule has 20 heavy (non-hydrogen) atoms. The van der Waals surface area contributed by atoms with Gasteiger partial charge in [-0.25, -0.2) is 0 Å². The monoisotopic (exact) mass is 279 g/mol. The molecule has 1 aromatic heterocycles. The second kappa shape index (κ2) is 6.29. The van der Waals surface area contributed by atoms with Crippen molar-refractivity contribution >= 4 is 0 Å². The Bertz CT molecular complexity index is 406. The van der Waals surface area contributed by atoms with Crippen LogP contribution in [-0.2, 0) is 16.0 Å². The molecule has 0 unspecified atom stereocenters. The zero-order valence-electron chi connectivity index (χ0n) is 12.3. The van der Waals surface area contributed by atoms with Crippen molar-refractivity contribution in [1.82, 2.24) is 4.90 Å². The minimum atomic E-state index is 0.191. The highest BCUT2D eigenvalue weighted by Gasteiger charge is 2.45. The highest BCUT2D eigenvalue weighted by molar-refractivity contribution is 5.06. The predicted octanol–water partition coefficient (Wildman–Crippen LogP) is 2.69.